The van der Waals surface area contributed by atoms with Crippen LogP contribution in [-0.2, 0) is 17.8 Å². The van der Waals surface area contributed by atoms with Crippen molar-refractivity contribution in [1.29, 1.82) is 5.26 Å². The average Bonchev–Trinajstić information content (AvgIpc) is 3.00. The zero-order valence-corrected chi connectivity index (χ0v) is 12.2. The number of hydrogen-bond donors (Lipinski definition) is 0. The predicted octanol–water partition coefficient (Wildman–Crippen LogP) is 1.14. The molecular weight excluding hydrogens is 282 g/mol. The highest BCUT2D eigenvalue weighted by molar-refractivity contribution is 5.94. The van der Waals surface area contributed by atoms with Gasteiger partial charge in [-0.25, -0.2) is 0 Å². The molecule has 22 heavy (non-hydrogen) atoms. The molecule has 2 heterocycles. The summed E-state index contributed by atoms with van der Waals surface area (Å²) in [5.41, 5.74) is 2.01. The second-order valence-corrected chi connectivity index (χ2v) is 5.04. The van der Waals surface area contributed by atoms with Crippen LogP contribution in [-0.4, -0.2) is 34.3 Å². The molecule has 0 aliphatic carbocycles. The molecule has 0 unspecified atom stereocenters. The van der Waals surface area contributed by atoms with Crippen LogP contribution in [0.4, 0.5) is 5.69 Å². The first-order chi connectivity index (χ1) is 10.7. The molecule has 0 atom stereocenters. The van der Waals surface area contributed by atoms with E-state index >= 15 is 0 Å². The minimum Gasteiger partial charge on any atom is -0.497 e. The molecule has 0 saturated heterocycles. The van der Waals surface area contributed by atoms with Gasteiger partial charge in [0.2, 0.25) is 11.7 Å². The van der Waals surface area contributed by atoms with Crippen molar-refractivity contribution in [2.45, 2.75) is 19.4 Å². The van der Waals surface area contributed by atoms with E-state index in [1.54, 1.807) is 12.0 Å². The van der Waals surface area contributed by atoms with Crippen molar-refractivity contribution in [3.8, 4) is 11.8 Å². The number of ether oxygens (including phenoxy) is 1. The normalized spacial score (nSPS) is 13.4. The Labute approximate surface area is 127 Å². The molecule has 1 aromatic carbocycles. The highest BCUT2D eigenvalue weighted by Crippen LogP contribution is 2.30. The number of anilines is 1. The largest absolute Gasteiger partial charge is 0.497 e. The van der Waals surface area contributed by atoms with E-state index in [1.165, 1.54) is 10.9 Å². The third kappa shape index (κ3) is 2.51. The van der Waals surface area contributed by atoms with E-state index in [-0.39, 0.29) is 18.3 Å². The zero-order valence-electron chi connectivity index (χ0n) is 12.2. The van der Waals surface area contributed by atoms with Gasteiger partial charge in [-0.15, -0.1) is 10.2 Å². The molecule has 1 aliphatic rings. The summed E-state index contributed by atoms with van der Waals surface area (Å²) in [6.45, 7) is 0.726. The van der Waals surface area contributed by atoms with Gasteiger partial charge >= 0.3 is 0 Å². The van der Waals surface area contributed by atoms with Gasteiger partial charge in [-0.2, -0.15) is 5.26 Å². The van der Waals surface area contributed by atoms with Crippen LogP contribution in [0.2, 0.25) is 0 Å². The van der Waals surface area contributed by atoms with Gasteiger partial charge in [-0.1, -0.05) is 0 Å². The minimum absolute atomic E-state index is 0.0569. The van der Waals surface area contributed by atoms with Crippen LogP contribution in [0.25, 0.3) is 0 Å². The van der Waals surface area contributed by atoms with E-state index in [0.717, 1.165) is 29.8 Å². The van der Waals surface area contributed by atoms with Gasteiger partial charge in [0, 0.05) is 12.2 Å². The maximum absolute atomic E-state index is 12.6. The minimum atomic E-state index is -0.0811. The molecule has 0 fully saturated rings. The Hall–Kier alpha value is -2.88. The molecule has 1 amide bonds. The molecule has 0 N–H and O–H groups in total. The quantitative estimate of drug-likeness (QED) is 0.848. The molecule has 0 radical (unpaired) electrons. The molecule has 7 heteroatoms. The lowest BCUT2D eigenvalue weighted by molar-refractivity contribution is -0.119. The van der Waals surface area contributed by atoms with Gasteiger partial charge in [-0.05, 0) is 36.6 Å². The van der Waals surface area contributed by atoms with Crippen molar-refractivity contribution < 1.29 is 9.53 Å². The van der Waals surface area contributed by atoms with E-state index in [2.05, 4.69) is 10.2 Å². The first-order valence-electron chi connectivity index (χ1n) is 6.98. The molecule has 0 spiro atoms. The van der Waals surface area contributed by atoms with Crippen LogP contribution in [0.1, 0.15) is 17.8 Å². The average molecular weight is 297 g/mol. The van der Waals surface area contributed by atoms with Crippen LogP contribution in [0.3, 0.4) is 0 Å². The van der Waals surface area contributed by atoms with Crippen molar-refractivity contribution in [2.75, 3.05) is 18.6 Å². The van der Waals surface area contributed by atoms with Crippen LogP contribution < -0.4 is 9.64 Å². The fourth-order valence-electron chi connectivity index (χ4n) is 2.65. The van der Waals surface area contributed by atoms with Gasteiger partial charge in [0.1, 0.15) is 24.7 Å². The van der Waals surface area contributed by atoms with Crippen LogP contribution >= 0.6 is 0 Å². The Bertz CT molecular complexity index is 747. The second-order valence-electron chi connectivity index (χ2n) is 5.04. The predicted molar refractivity (Wildman–Crippen MR) is 78.4 cm³/mol. The van der Waals surface area contributed by atoms with Crippen molar-refractivity contribution in [1.82, 2.24) is 14.8 Å². The van der Waals surface area contributed by atoms with Crippen LogP contribution in [0, 0.1) is 11.3 Å². The van der Waals surface area contributed by atoms with Gasteiger partial charge in [0.05, 0.1) is 7.11 Å². The van der Waals surface area contributed by atoms with Crippen LogP contribution in [0.15, 0.2) is 24.5 Å². The molecule has 1 aromatic heterocycles. The summed E-state index contributed by atoms with van der Waals surface area (Å²) in [7, 11) is 1.63. The Kier molecular flexibility index (Phi) is 3.74. The number of carbonyl (C=O) groups is 1. The Morgan fingerprint density at radius 1 is 1.50 bits per heavy atom. The monoisotopic (exact) mass is 297 g/mol. The van der Waals surface area contributed by atoms with E-state index in [0.29, 0.717) is 6.54 Å². The van der Waals surface area contributed by atoms with Crippen molar-refractivity contribution in [3.05, 3.63) is 35.9 Å². The van der Waals surface area contributed by atoms with E-state index in [1.807, 2.05) is 24.3 Å². The summed E-state index contributed by atoms with van der Waals surface area (Å²) in [5.74, 6) is 0.848. The summed E-state index contributed by atoms with van der Waals surface area (Å²) in [5, 5.41) is 16.3. The Morgan fingerprint density at radius 3 is 3.14 bits per heavy atom. The number of methoxy groups -OCH3 is 1. The maximum Gasteiger partial charge on any atom is 0.247 e. The lowest BCUT2D eigenvalue weighted by Gasteiger charge is -2.30. The van der Waals surface area contributed by atoms with Gasteiger partial charge in [0.15, 0.2) is 0 Å². The fraction of sp³-hybridized carbons (Fsp3) is 0.333. The van der Waals surface area contributed by atoms with Crippen molar-refractivity contribution in [3.63, 3.8) is 0 Å². The first kappa shape index (κ1) is 14.1. The lowest BCUT2D eigenvalue weighted by atomic mass is 10.0. The zero-order chi connectivity index (χ0) is 15.5. The Balaban J connectivity index is 1.85. The van der Waals surface area contributed by atoms with E-state index in [4.69, 9.17) is 10.00 Å². The molecule has 0 bridgehead atoms. The standard InChI is InChI=1S/C15H15N5O2/c1-22-12-4-5-13-11(7-12)3-2-6-20(13)15(21)9-19-10-17-18-14(19)8-16/h4-5,7,10H,2-3,6,9H2,1H3. The van der Waals surface area contributed by atoms with Gasteiger partial charge in [0.25, 0.3) is 0 Å². The fourth-order valence-corrected chi connectivity index (χ4v) is 2.65. The molecule has 7 nitrogen and oxygen atoms in total. The number of nitriles is 1. The number of nitrogens with zero attached hydrogens (tertiary/aromatic N) is 5. The molecule has 0 saturated carbocycles. The van der Waals surface area contributed by atoms with Gasteiger partial charge < -0.3 is 9.64 Å². The number of fused-ring (bicyclic) bond motifs is 1. The highest BCUT2D eigenvalue weighted by atomic mass is 16.5. The summed E-state index contributed by atoms with van der Waals surface area (Å²) in [6, 6.07) is 7.64. The third-order valence-electron chi connectivity index (χ3n) is 3.73. The third-order valence-corrected chi connectivity index (χ3v) is 3.73. The van der Waals surface area contributed by atoms with Gasteiger partial charge in [-0.3, -0.25) is 9.36 Å². The molecule has 1 aliphatic heterocycles. The smallest absolute Gasteiger partial charge is 0.247 e. The topological polar surface area (TPSA) is 84.0 Å². The second kappa shape index (κ2) is 5.85. The highest BCUT2D eigenvalue weighted by Gasteiger charge is 2.23. The summed E-state index contributed by atoms with van der Waals surface area (Å²) in [6.07, 6.45) is 3.22. The van der Waals surface area contributed by atoms with E-state index in [9.17, 15) is 4.79 Å². The summed E-state index contributed by atoms with van der Waals surface area (Å²) < 4.78 is 6.69. The molecule has 3 rings (SSSR count). The molecule has 2 aromatic rings. The van der Waals surface area contributed by atoms with E-state index < -0.39 is 0 Å². The number of hydrogen-bond acceptors (Lipinski definition) is 5. The number of carbonyl (C=O) groups excluding carboxylic acids is 1. The molecular formula is C15H15N5O2. The summed E-state index contributed by atoms with van der Waals surface area (Å²) >= 11 is 0. The van der Waals surface area contributed by atoms with Crippen molar-refractivity contribution >= 4 is 11.6 Å². The SMILES string of the molecule is COc1ccc2c(c1)CCCN2C(=O)Cn1cnnc1C#N. The lowest BCUT2D eigenvalue weighted by Crippen LogP contribution is -2.37. The summed E-state index contributed by atoms with van der Waals surface area (Å²) in [4.78, 5) is 14.3. The number of aryl methyl sites for hydroxylation is 1. The van der Waals surface area contributed by atoms with Crippen molar-refractivity contribution in [2.24, 2.45) is 0 Å². The Morgan fingerprint density at radius 2 is 2.36 bits per heavy atom. The number of amides is 1. The first-order valence-corrected chi connectivity index (χ1v) is 6.98. The number of aromatic nitrogens is 3. The maximum atomic E-state index is 12.6. The number of benzene rings is 1. The molecule has 112 valence electrons. The number of rotatable bonds is 3. The van der Waals surface area contributed by atoms with Crippen LogP contribution in [0.5, 0.6) is 5.75 Å².